The summed E-state index contributed by atoms with van der Waals surface area (Å²) in [6, 6.07) is 5.18. The third-order valence-electron chi connectivity index (χ3n) is 2.23. The second kappa shape index (κ2) is 5.75. The van der Waals surface area contributed by atoms with Crippen LogP contribution in [-0.4, -0.2) is 10.9 Å². The van der Waals surface area contributed by atoms with Crippen LogP contribution < -0.4 is 5.32 Å². The summed E-state index contributed by atoms with van der Waals surface area (Å²) < 4.78 is 27.9. The molecule has 7 heteroatoms. The Hall–Kier alpha value is -1.34. The molecule has 0 bridgehead atoms. The van der Waals surface area contributed by atoms with E-state index in [9.17, 15) is 13.6 Å². The maximum Gasteiger partial charge on any atom is 0.257 e. The highest BCUT2D eigenvalue weighted by Gasteiger charge is 2.14. The van der Waals surface area contributed by atoms with Crippen LogP contribution in [0.2, 0.25) is 0 Å². The first-order valence-corrected chi connectivity index (χ1v) is 6.63. The third-order valence-corrected chi connectivity index (χ3v) is 3.16. The summed E-state index contributed by atoms with van der Waals surface area (Å²) in [6.45, 7) is 0. The Kier molecular flexibility index (Phi) is 4.26. The number of aromatic nitrogens is 1. The molecule has 19 heavy (non-hydrogen) atoms. The summed E-state index contributed by atoms with van der Waals surface area (Å²) in [5.41, 5.74) is -0.291. The van der Waals surface area contributed by atoms with Crippen molar-refractivity contribution in [1.29, 1.82) is 0 Å². The molecule has 1 amide bonds. The van der Waals surface area contributed by atoms with E-state index in [1.54, 1.807) is 6.07 Å². The van der Waals surface area contributed by atoms with E-state index in [1.807, 2.05) is 0 Å². The van der Waals surface area contributed by atoms with Gasteiger partial charge in [0.25, 0.3) is 5.91 Å². The predicted molar refractivity (Wildman–Crippen MR) is 73.9 cm³/mol. The zero-order chi connectivity index (χ0) is 14.0. The van der Waals surface area contributed by atoms with Crippen LogP contribution in [0, 0.1) is 11.6 Å². The number of halogens is 4. The lowest BCUT2D eigenvalue weighted by Gasteiger charge is -2.08. The van der Waals surface area contributed by atoms with Gasteiger partial charge in [-0.2, -0.15) is 0 Å². The molecule has 0 aliphatic rings. The lowest BCUT2D eigenvalue weighted by molar-refractivity contribution is 0.102. The Balaban J connectivity index is 2.26. The molecule has 1 aromatic heterocycles. The molecule has 0 aliphatic carbocycles. The van der Waals surface area contributed by atoms with Crippen molar-refractivity contribution >= 4 is 43.5 Å². The molecular formula is C12H6Br2F2N2O. The Morgan fingerprint density at radius 2 is 1.79 bits per heavy atom. The number of amides is 1. The summed E-state index contributed by atoms with van der Waals surface area (Å²) >= 11 is 6.08. The average molecular weight is 392 g/mol. The van der Waals surface area contributed by atoms with Gasteiger partial charge in [-0.1, -0.05) is 15.9 Å². The van der Waals surface area contributed by atoms with Gasteiger partial charge in [0, 0.05) is 10.7 Å². The molecule has 1 aromatic carbocycles. The smallest absolute Gasteiger partial charge is 0.257 e. The molecule has 0 aliphatic heterocycles. The van der Waals surface area contributed by atoms with Crippen LogP contribution in [0.5, 0.6) is 0 Å². The predicted octanol–water partition coefficient (Wildman–Crippen LogP) is 4.14. The summed E-state index contributed by atoms with van der Waals surface area (Å²) in [6.07, 6.45) is 1.30. The maximum absolute atomic E-state index is 13.5. The van der Waals surface area contributed by atoms with E-state index in [2.05, 4.69) is 42.2 Å². The second-order valence-corrected chi connectivity index (χ2v) is 5.30. The van der Waals surface area contributed by atoms with Gasteiger partial charge in [0.15, 0.2) is 11.6 Å². The van der Waals surface area contributed by atoms with E-state index < -0.39 is 23.2 Å². The number of hydrogen-bond donors (Lipinski definition) is 1. The van der Waals surface area contributed by atoms with E-state index in [0.29, 0.717) is 4.60 Å². The van der Waals surface area contributed by atoms with Crippen LogP contribution in [-0.2, 0) is 0 Å². The van der Waals surface area contributed by atoms with E-state index >= 15 is 0 Å². The molecule has 0 unspecified atom stereocenters. The van der Waals surface area contributed by atoms with Crippen molar-refractivity contribution < 1.29 is 13.6 Å². The van der Waals surface area contributed by atoms with Crippen LogP contribution in [0.3, 0.4) is 0 Å². The Morgan fingerprint density at radius 1 is 1.16 bits per heavy atom. The average Bonchev–Trinajstić information content (AvgIpc) is 2.34. The number of anilines is 1. The topological polar surface area (TPSA) is 42.0 Å². The fourth-order valence-corrected chi connectivity index (χ4v) is 1.99. The second-order valence-electron chi connectivity index (χ2n) is 3.57. The van der Waals surface area contributed by atoms with Crippen molar-refractivity contribution in [3.05, 3.63) is 56.7 Å². The minimum atomic E-state index is -0.856. The van der Waals surface area contributed by atoms with Gasteiger partial charge in [-0.25, -0.2) is 13.8 Å². The molecule has 1 N–H and O–H groups in total. The molecule has 98 valence electrons. The fraction of sp³-hybridized carbons (Fsp3) is 0. The van der Waals surface area contributed by atoms with Crippen LogP contribution >= 0.6 is 31.9 Å². The first kappa shape index (κ1) is 14.1. The molecule has 0 saturated carbocycles. The highest BCUT2D eigenvalue weighted by Crippen LogP contribution is 2.24. The van der Waals surface area contributed by atoms with Crippen molar-refractivity contribution in [3.63, 3.8) is 0 Å². The van der Waals surface area contributed by atoms with Gasteiger partial charge >= 0.3 is 0 Å². The fourth-order valence-electron chi connectivity index (χ4n) is 1.36. The van der Waals surface area contributed by atoms with Gasteiger partial charge < -0.3 is 5.32 Å². The molecule has 2 aromatic rings. The minimum Gasteiger partial charge on any atom is -0.317 e. The number of pyridine rings is 1. The number of carbonyl (C=O) groups is 1. The Labute approximate surface area is 124 Å². The largest absolute Gasteiger partial charge is 0.317 e. The Morgan fingerprint density at radius 3 is 2.32 bits per heavy atom. The molecule has 0 atom stereocenters. The Bertz CT molecular complexity index is 609. The van der Waals surface area contributed by atoms with Crippen molar-refractivity contribution in [2.45, 2.75) is 0 Å². The number of rotatable bonds is 2. The molecule has 2 rings (SSSR count). The highest BCUT2D eigenvalue weighted by molar-refractivity contribution is 9.10. The molecule has 0 saturated heterocycles. The van der Waals surface area contributed by atoms with Crippen LogP contribution in [0.1, 0.15) is 10.4 Å². The van der Waals surface area contributed by atoms with Crippen LogP contribution in [0.15, 0.2) is 39.5 Å². The number of nitrogens with zero attached hydrogens (tertiary/aromatic N) is 1. The zero-order valence-corrected chi connectivity index (χ0v) is 12.4. The van der Waals surface area contributed by atoms with E-state index in [0.717, 1.165) is 12.1 Å². The molecule has 0 radical (unpaired) electrons. The van der Waals surface area contributed by atoms with Crippen LogP contribution in [0.25, 0.3) is 0 Å². The summed E-state index contributed by atoms with van der Waals surface area (Å²) in [4.78, 5) is 15.7. The number of hydrogen-bond acceptors (Lipinski definition) is 2. The van der Waals surface area contributed by atoms with Crippen molar-refractivity contribution in [3.8, 4) is 0 Å². The van der Waals surface area contributed by atoms with E-state index in [1.165, 1.54) is 12.3 Å². The first-order chi connectivity index (χ1) is 8.97. The zero-order valence-electron chi connectivity index (χ0n) is 9.25. The summed E-state index contributed by atoms with van der Waals surface area (Å²) in [5, 5.41) is 2.18. The van der Waals surface area contributed by atoms with E-state index in [4.69, 9.17) is 0 Å². The number of benzene rings is 1. The monoisotopic (exact) mass is 390 g/mol. The quantitative estimate of drug-likeness (QED) is 0.782. The summed E-state index contributed by atoms with van der Waals surface area (Å²) in [7, 11) is 0. The van der Waals surface area contributed by atoms with Gasteiger partial charge in [-0.05, 0) is 40.2 Å². The van der Waals surface area contributed by atoms with Crippen molar-refractivity contribution in [2.75, 3.05) is 5.32 Å². The molecule has 0 fully saturated rings. The SMILES string of the molecule is O=C(Nc1c(F)cc(Br)cc1F)c1ccc(Br)nc1. The van der Waals surface area contributed by atoms with Gasteiger partial charge in [0.2, 0.25) is 0 Å². The van der Waals surface area contributed by atoms with Gasteiger partial charge in [-0.3, -0.25) is 4.79 Å². The molecule has 1 heterocycles. The standard InChI is InChI=1S/C12H6Br2F2N2O/c13-7-3-8(15)11(9(16)4-7)18-12(19)6-1-2-10(14)17-5-6/h1-5H,(H,18,19). The van der Waals surface area contributed by atoms with E-state index in [-0.39, 0.29) is 10.0 Å². The maximum atomic E-state index is 13.5. The lowest BCUT2D eigenvalue weighted by Crippen LogP contribution is -2.14. The van der Waals surface area contributed by atoms with Crippen LogP contribution in [0.4, 0.5) is 14.5 Å². The molecule has 3 nitrogen and oxygen atoms in total. The first-order valence-electron chi connectivity index (χ1n) is 5.05. The number of carbonyl (C=O) groups excluding carboxylic acids is 1. The lowest BCUT2D eigenvalue weighted by atomic mass is 10.2. The molecular weight excluding hydrogens is 386 g/mol. The molecule has 0 spiro atoms. The van der Waals surface area contributed by atoms with Crippen molar-refractivity contribution in [2.24, 2.45) is 0 Å². The van der Waals surface area contributed by atoms with Gasteiger partial charge in [0.05, 0.1) is 5.56 Å². The van der Waals surface area contributed by atoms with Gasteiger partial charge in [0.1, 0.15) is 10.3 Å². The number of nitrogens with one attached hydrogen (secondary N) is 1. The third kappa shape index (κ3) is 3.36. The minimum absolute atomic E-state index is 0.199. The highest BCUT2D eigenvalue weighted by atomic mass is 79.9. The summed E-state index contributed by atoms with van der Waals surface area (Å²) in [5.74, 6) is -2.35. The van der Waals surface area contributed by atoms with Crippen molar-refractivity contribution in [1.82, 2.24) is 4.98 Å². The normalized spacial score (nSPS) is 10.3. The van der Waals surface area contributed by atoms with Gasteiger partial charge in [-0.15, -0.1) is 0 Å².